The normalized spacial score (nSPS) is 14.5. The first-order valence-corrected chi connectivity index (χ1v) is 5.91. The lowest BCUT2D eigenvalue weighted by atomic mass is 9.97. The van der Waals surface area contributed by atoms with Crippen molar-refractivity contribution >= 4 is 23.2 Å². The van der Waals surface area contributed by atoms with Crippen molar-refractivity contribution < 1.29 is 31.1 Å². The number of hydrogen-bond acceptors (Lipinski definition) is 1. The minimum absolute atomic E-state index is 0.193. The molecule has 0 saturated carbocycles. The fourth-order valence-corrected chi connectivity index (χ4v) is 2.38. The highest BCUT2D eigenvalue weighted by Gasteiger charge is 2.60. The molecule has 1 atom stereocenters. The van der Waals surface area contributed by atoms with Crippen LogP contribution in [0.5, 0.6) is 5.75 Å². The summed E-state index contributed by atoms with van der Waals surface area (Å²) in [5.74, 6) is -3.51. The third kappa shape index (κ3) is 3.85. The van der Waals surface area contributed by atoms with E-state index in [9.17, 15) is 26.3 Å². The Labute approximate surface area is 120 Å². The van der Waals surface area contributed by atoms with Gasteiger partial charge in [0, 0.05) is 5.02 Å². The predicted octanol–water partition coefficient (Wildman–Crippen LogP) is 5.37. The van der Waals surface area contributed by atoms with Gasteiger partial charge in [-0.25, -0.2) is 0 Å². The molecule has 0 saturated heterocycles. The summed E-state index contributed by atoms with van der Waals surface area (Å²) in [5.41, 5.74) is -0.464. The Morgan fingerprint density at radius 1 is 1.05 bits per heavy atom. The van der Waals surface area contributed by atoms with Gasteiger partial charge in [-0.2, -0.15) is 26.3 Å². The first-order valence-electron chi connectivity index (χ1n) is 5.09. The van der Waals surface area contributed by atoms with Crippen LogP contribution in [-0.2, 0) is 0 Å². The molecule has 0 aliphatic rings. The van der Waals surface area contributed by atoms with Gasteiger partial charge < -0.3 is 4.74 Å². The van der Waals surface area contributed by atoms with Crippen LogP contribution in [0.2, 0.25) is 5.02 Å². The van der Waals surface area contributed by atoms with Crippen molar-refractivity contribution in [1.29, 1.82) is 0 Å². The second-order valence-corrected chi connectivity index (χ2v) is 4.73. The number of ether oxygens (including phenoxy) is 1. The van der Waals surface area contributed by atoms with E-state index < -0.39 is 29.2 Å². The zero-order valence-electron chi connectivity index (χ0n) is 9.82. The first kappa shape index (κ1) is 17.2. The van der Waals surface area contributed by atoms with Crippen molar-refractivity contribution in [3.05, 3.63) is 28.8 Å². The largest absolute Gasteiger partial charge is 0.497 e. The predicted molar refractivity (Wildman–Crippen MR) is 62.2 cm³/mol. The van der Waals surface area contributed by atoms with E-state index in [1.165, 1.54) is 13.2 Å². The third-order valence-electron chi connectivity index (χ3n) is 2.50. The molecule has 0 bridgehead atoms. The molecule has 0 spiro atoms. The van der Waals surface area contributed by atoms with Crippen LogP contribution in [0.3, 0.4) is 0 Å². The quantitative estimate of drug-likeness (QED) is 0.531. The van der Waals surface area contributed by atoms with E-state index in [1.807, 2.05) is 0 Å². The smallest absolute Gasteiger partial charge is 0.402 e. The molecule has 114 valence electrons. The first-order chi connectivity index (χ1) is 8.98. The lowest BCUT2D eigenvalue weighted by Crippen LogP contribution is -2.39. The summed E-state index contributed by atoms with van der Waals surface area (Å²) in [6.07, 6.45) is -11.1. The van der Waals surface area contributed by atoms with Crippen molar-refractivity contribution in [2.45, 2.75) is 17.7 Å². The Kier molecular flexibility index (Phi) is 5.08. The van der Waals surface area contributed by atoms with Gasteiger partial charge in [0.15, 0.2) is 5.92 Å². The van der Waals surface area contributed by atoms with Gasteiger partial charge in [-0.15, -0.1) is 11.6 Å². The van der Waals surface area contributed by atoms with Crippen LogP contribution >= 0.6 is 23.2 Å². The van der Waals surface area contributed by atoms with E-state index in [4.69, 9.17) is 27.9 Å². The fraction of sp³-hybridized carbons (Fsp3) is 0.455. The minimum atomic E-state index is -5.53. The summed E-state index contributed by atoms with van der Waals surface area (Å²) < 4.78 is 80.1. The Bertz CT molecular complexity index is 457. The van der Waals surface area contributed by atoms with Gasteiger partial charge >= 0.3 is 12.4 Å². The van der Waals surface area contributed by atoms with Crippen LogP contribution in [0.25, 0.3) is 0 Å². The van der Waals surface area contributed by atoms with Crippen LogP contribution in [-0.4, -0.2) is 19.5 Å². The van der Waals surface area contributed by atoms with Gasteiger partial charge in [-0.3, -0.25) is 0 Å². The average Bonchev–Trinajstić information content (AvgIpc) is 2.24. The maximum Gasteiger partial charge on any atom is 0.402 e. The highest BCUT2D eigenvalue weighted by Crippen LogP contribution is 2.50. The lowest BCUT2D eigenvalue weighted by Gasteiger charge is -2.27. The highest BCUT2D eigenvalue weighted by molar-refractivity contribution is 6.33. The molecule has 0 radical (unpaired) electrons. The molecule has 0 aliphatic carbocycles. The molecule has 0 fully saturated rings. The van der Waals surface area contributed by atoms with Gasteiger partial charge in [0.2, 0.25) is 0 Å². The second kappa shape index (κ2) is 5.89. The number of benzene rings is 1. The molecule has 0 amide bonds. The van der Waals surface area contributed by atoms with E-state index in [1.54, 1.807) is 0 Å². The van der Waals surface area contributed by atoms with Crippen molar-refractivity contribution in [3.8, 4) is 5.75 Å². The number of hydrogen-bond donors (Lipinski definition) is 0. The molecular weight excluding hydrogens is 333 g/mol. The number of methoxy groups -OCH3 is 1. The monoisotopic (exact) mass is 340 g/mol. The lowest BCUT2D eigenvalue weighted by molar-refractivity contribution is -0.284. The summed E-state index contributed by atoms with van der Waals surface area (Å²) in [6, 6.07) is 3.25. The third-order valence-corrected chi connectivity index (χ3v) is 3.32. The summed E-state index contributed by atoms with van der Waals surface area (Å²) >= 11 is 11.0. The molecule has 0 N–H and O–H groups in total. The molecule has 9 heteroatoms. The van der Waals surface area contributed by atoms with Crippen LogP contribution < -0.4 is 4.74 Å². The average molecular weight is 341 g/mol. The summed E-state index contributed by atoms with van der Waals surface area (Å²) in [4.78, 5) is 0. The Morgan fingerprint density at radius 3 is 1.90 bits per heavy atom. The van der Waals surface area contributed by atoms with Crippen molar-refractivity contribution in [2.75, 3.05) is 7.11 Å². The molecule has 1 aromatic carbocycles. The van der Waals surface area contributed by atoms with Gasteiger partial charge in [0.25, 0.3) is 0 Å². The van der Waals surface area contributed by atoms with Crippen LogP contribution in [0.4, 0.5) is 26.3 Å². The van der Waals surface area contributed by atoms with Crippen molar-refractivity contribution in [1.82, 2.24) is 0 Å². The van der Waals surface area contributed by atoms with E-state index >= 15 is 0 Å². The van der Waals surface area contributed by atoms with Crippen LogP contribution in [0.15, 0.2) is 18.2 Å². The Morgan fingerprint density at radius 2 is 1.55 bits per heavy atom. The molecule has 1 unspecified atom stereocenters. The van der Waals surface area contributed by atoms with Gasteiger partial charge in [0.05, 0.1) is 12.5 Å². The zero-order valence-corrected chi connectivity index (χ0v) is 11.3. The van der Waals surface area contributed by atoms with Crippen LogP contribution in [0.1, 0.15) is 10.9 Å². The number of halogens is 8. The van der Waals surface area contributed by atoms with Crippen molar-refractivity contribution in [2.24, 2.45) is 5.92 Å². The molecular formula is C11H8Cl2F6O. The number of alkyl halides is 7. The Balaban J connectivity index is 3.23. The fourth-order valence-electron chi connectivity index (χ4n) is 1.56. The molecule has 1 nitrogen and oxygen atoms in total. The maximum atomic E-state index is 12.6. The van der Waals surface area contributed by atoms with Gasteiger partial charge in [-0.05, 0) is 17.7 Å². The Hall–Kier alpha value is -0.820. The van der Waals surface area contributed by atoms with E-state index in [-0.39, 0.29) is 10.8 Å². The van der Waals surface area contributed by atoms with Crippen molar-refractivity contribution in [3.63, 3.8) is 0 Å². The summed E-state index contributed by atoms with van der Waals surface area (Å²) in [7, 11) is 1.28. The maximum absolute atomic E-state index is 12.6. The molecule has 1 rings (SSSR count). The standard InChI is InChI=1S/C11H8Cl2F6O/c1-20-5-2-3-6(7(12)4-5)8(13)9(10(14,15)16)11(17,18)19/h2-4,8-9H,1H3. The van der Waals surface area contributed by atoms with Gasteiger partial charge in [-0.1, -0.05) is 17.7 Å². The number of rotatable bonds is 3. The molecule has 0 heterocycles. The van der Waals surface area contributed by atoms with Crippen LogP contribution in [0, 0.1) is 5.92 Å². The molecule has 0 aliphatic heterocycles. The molecule has 1 aromatic rings. The van der Waals surface area contributed by atoms with E-state index in [2.05, 4.69) is 0 Å². The minimum Gasteiger partial charge on any atom is -0.497 e. The second-order valence-electron chi connectivity index (χ2n) is 3.85. The molecule has 20 heavy (non-hydrogen) atoms. The topological polar surface area (TPSA) is 9.23 Å². The van der Waals surface area contributed by atoms with E-state index in [0.717, 1.165) is 12.1 Å². The molecule has 0 aromatic heterocycles. The SMILES string of the molecule is COc1ccc(C(Cl)C(C(F)(F)F)C(F)(F)F)c(Cl)c1. The summed E-state index contributed by atoms with van der Waals surface area (Å²) in [5, 5.41) is -2.71. The zero-order chi connectivity index (χ0) is 15.7. The van der Waals surface area contributed by atoms with E-state index in [0.29, 0.717) is 0 Å². The summed E-state index contributed by atoms with van der Waals surface area (Å²) in [6.45, 7) is 0. The highest BCUT2D eigenvalue weighted by atomic mass is 35.5. The van der Waals surface area contributed by atoms with Gasteiger partial charge in [0.1, 0.15) is 5.75 Å².